The van der Waals surface area contributed by atoms with Crippen molar-refractivity contribution in [2.75, 3.05) is 0 Å². The Balaban J connectivity index is 1.18. The fourth-order valence-corrected chi connectivity index (χ4v) is 7.24. The Kier molecular flexibility index (Phi) is 5.71. The lowest BCUT2D eigenvalue weighted by atomic mass is 9.93. The van der Waals surface area contributed by atoms with Crippen LogP contribution in [0.3, 0.4) is 0 Å². The van der Waals surface area contributed by atoms with Gasteiger partial charge in [-0.05, 0) is 92.7 Å². The van der Waals surface area contributed by atoms with Gasteiger partial charge >= 0.3 is 0 Å². The number of fused-ring (bicyclic) bond motifs is 6. The molecule has 0 saturated heterocycles. The molecule has 0 spiro atoms. The summed E-state index contributed by atoms with van der Waals surface area (Å²) in [6, 6.07) is 53.9. The summed E-state index contributed by atoms with van der Waals surface area (Å²) in [5.74, 6) is 0. The second-order valence-electron chi connectivity index (χ2n) is 11.2. The number of thiazole rings is 1. The molecule has 2 nitrogen and oxygen atoms in total. The Morgan fingerprint density at radius 3 is 1.80 bits per heavy atom. The Bertz CT molecular complexity index is 2430. The maximum absolute atomic E-state index is 6.49. The van der Waals surface area contributed by atoms with Crippen LogP contribution in [-0.4, -0.2) is 4.98 Å². The Morgan fingerprint density at radius 1 is 0.432 bits per heavy atom. The summed E-state index contributed by atoms with van der Waals surface area (Å²) >= 11 is 1.73. The highest BCUT2D eigenvalue weighted by molar-refractivity contribution is 7.21. The molecule has 0 fully saturated rings. The van der Waals surface area contributed by atoms with Gasteiger partial charge in [-0.25, -0.2) is 4.98 Å². The van der Waals surface area contributed by atoms with E-state index in [9.17, 15) is 0 Å². The average molecular weight is 580 g/mol. The van der Waals surface area contributed by atoms with Crippen molar-refractivity contribution in [1.82, 2.24) is 4.98 Å². The molecular formula is C41H25NOS. The van der Waals surface area contributed by atoms with Crippen molar-refractivity contribution in [2.24, 2.45) is 0 Å². The third kappa shape index (κ3) is 4.21. The molecular weight excluding hydrogens is 555 g/mol. The first-order valence-electron chi connectivity index (χ1n) is 14.8. The minimum atomic E-state index is 0.864. The number of rotatable bonds is 4. The van der Waals surface area contributed by atoms with Gasteiger partial charge in [0.15, 0.2) is 0 Å². The summed E-state index contributed by atoms with van der Waals surface area (Å²) < 4.78 is 7.65. The molecule has 2 heterocycles. The molecule has 2 aromatic heterocycles. The first kappa shape index (κ1) is 25.0. The van der Waals surface area contributed by atoms with Crippen molar-refractivity contribution in [1.29, 1.82) is 0 Å². The summed E-state index contributed by atoms with van der Waals surface area (Å²) in [5, 5.41) is 5.65. The molecule has 0 saturated carbocycles. The van der Waals surface area contributed by atoms with Crippen LogP contribution in [0.5, 0.6) is 0 Å². The van der Waals surface area contributed by atoms with Gasteiger partial charge in [0, 0.05) is 10.9 Å². The molecule has 7 aromatic carbocycles. The van der Waals surface area contributed by atoms with Crippen LogP contribution in [0.25, 0.3) is 86.9 Å². The first-order valence-corrected chi connectivity index (χ1v) is 15.6. The van der Waals surface area contributed by atoms with Gasteiger partial charge in [-0.3, -0.25) is 0 Å². The molecule has 0 aliphatic rings. The van der Waals surface area contributed by atoms with Gasteiger partial charge in [-0.1, -0.05) is 103 Å². The molecule has 44 heavy (non-hydrogen) atoms. The summed E-state index contributed by atoms with van der Waals surface area (Å²) in [6.45, 7) is 0. The minimum absolute atomic E-state index is 0.864. The van der Waals surface area contributed by atoms with E-state index in [-0.39, 0.29) is 0 Å². The van der Waals surface area contributed by atoms with E-state index < -0.39 is 0 Å². The number of hydrogen-bond acceptors (Lipinski definition) is 3. The average Bonchev–Trinajstić information content (AvgIpc) is 3.70. The molecule has 9 aromatic rings. The maximum Gasteiger partial charge on any atom is 0.137 e. The van der Waals surface area contributed by atoms with E-state index in [0.717, 1.165) is 53.9 Å². The van der Waals surface area contributed by atoms with Crippen molar-refractivity contribution < 1.29 is 4.42 Å². The second kappa shape index (κ2) is 10.0. The first-order chi connectivity index (χ1) is 21.8. The van der Waals surface area contributed by atoms with Crippen molar-refractivity contribution in [2.45, 2.75) is 0 Å². The normalized spacial score (nSPS) is 11.6. The summed E-state index contributed by atoms with van der Waals surface area (Å²) in [6.07, 6.45) is 0. The third-order valence-corrected chi connectivity index (χ3v) is 9.54. The highest BCUT2D eigenvalue weighted by Gasteiger charge is 2.17. The second-order valence-corrected chi connectivity index (χ2v) is 12.2. The SMILES string of the molecule is c1ccc(-c2cc(-c3ccccc3)cc(-c3ccc4c(c3)oc3ccc5sc(-c6ccc7ccccc7c6)nc5c34)c2)cc1. The highest BCUT2D eigenvalue weighted by atomic mass is 32.1. The van der Waals surface area contributed by atoms with E-state index in [2.05, 4.69) is 152 Å². The van der Waals surface area contributed by atoms with E-state index in [4.69, 9.17) is 9.40 Å². The number of furan rings is 1. The highest BCUT2D eigenvalue weighted by Crippen LogP contribution is 2.41. The molecule has 0 N–H and O–H groups in total. The van der Waals surface area contributed by atoms with E-state index in [1.807, 2.05) is 0 Å². The van der Waals surface area contributed by atoms with Crippen LogP contribution < -0.4 is 0 Å². The summed E-state index contributed by atoms with van der Waals surface area (Å²) in [7, 11) is 0. The molecule has 0 radical (unpaired) electrons. The molecule has 206 valence electrons. The lowest BCUT2D eigenvalue weighted by Gasteiger charge is -2.11. The fraction of sp³-hybridized carbons (Fsp3) is 0. The smallest absolute Gasteiger partial charge is 0.137 e. The fourth-order valence-electron chi connectivity index (χ4n) is 6.27. The Labute approximate surface area is 258 Å². The summed E-state index contributed by atoms with van der Waals surface area (Å²) in [4.78, 5) is 5.17. The zero-order valence-corrected chi connectivity index (χ0v) is 24.5. The Morgan fingerprint density at radius 2 is 1.07 bits per heavy atom. The van der Waals surface area contributed by atoms with Gasteiger partial charge in [-0.2, -0.15) is 0 Å². The van der Waals surface area contributed by atoms with Crippen molar-refractivity contribution in [3.05, 3.63) is 152 Å². The number of benzene rings is 7. The van der Waals surface area contributed by atoms with Gasteiger partial charge in [0.25, 0.3) is 0 Å². The standard InChI is InChI=1S/C41H25NOS/c1-3-9-26(10-4-1)32-22-33(27-11-5-2-6-12-27)24-34(23-32)30-17-18-35-37(25-30)43-36-19-20-38-40(39(35)36)42-41(44-38)31-16-15-28-13-7-8-14-29(28)21-31/h1-25H. The monoisotopic (exact) mass is 579 g/mol. The van der Waals surface area contributed by atoms with Gasteiger partial charge in [0.2, 0.25) is 0 Å². The van der Waals surface area contributed by atoms with Crippen LogP contribution in [0.1, 0.15) is 0 Å². The largest absolute Gasteiger partial charge is 0.456 e. The molecule has 0 aliphatic carbocycles. The third-order valence-electron chi connectivity index (χ3n) is 8.47. The van der Waals surface area contributed by atoms with Crippen molar-refractivity contribution in [3.63, 3.8) is 0 Å². The van der Waals surface area contributed by atoms with Crippen LogP contribution >= 0.6 is 11.3 Å². The number of aromatic nitrogens is 1. The van der Waals surface area contributed by atoms with E-state index in [1.165, 1.54) is 33.0 Å². The van der Waals surface area contributed by atoms with Crippen LogP contribution in [0.4, 0.5) is 0 Å². The Hall–Kier alpha value is -5.51. The number of hydrogen-bond donors (Lipinski definition) is 0. The molecule has 0 atom stereocenters. The molecule has 0 unspecified atom stereocenters. The lowest BCUT2D eigenvalue weighted by molar-refractivity contribution is 0.669. The molecule has 0 aliphatic heterocycles. The van der Waals surface area contributed by atoms with Gasteiger partial charge < -0.3 is 4.42 Å². The van der Waals surface area contributed by atoms with E-state index >= 15 is 0 Å². The zero-order valence-electron chi connectivity index (χ0n) is 23.7. The van der Waals surface area contributed by atoms with Crippen LogP contribution in [0.2, 0.25) is 0 Å². The van der Waals surface area contributed by atoms with Gasteiger partial charge in [0.1, 0.15) is 16.2 Å². The minimum Gasteiger partial charge on any atom is -0.456 e. The zero-order chi connectivity index (χ0) is 29.0. The number of nitrogens with zero attached hydrogens (tertiary/aromatic N) is 1. The van der Waals surface area contributed by atoms with Crippen molar-refractivity contribution in [3.8, 4) is 44.0 Å². The summed E-state index contributed by atoms with van der Waals surface area (Å²) in [5.41, 5.74) is 10.9. The van der Waals surface area contributed by atoms with E-state index in [0.29, 0.717) is 0 Å². The maximum atomic E-state index is 6.49. The van der Waals surface area contributed by atoms with Crippen molar-refractivity contribution >= 4 is 54.3 Å². The van der Waals surface area contributed by atoms with Crippen LogP contribution in [-0.2, 0) is 0 Å². The predicted molar refractivity (Wildman–Crippen MR) is 186 cm³/mol. The molecule has 3 heteroatoms. The van der Waals surface area contributed by atoms with E-state index in [1.54, 1.807) is 11.3 Å². The van der Waals surface area contributed by atoms with Gasteiger partial charge in [0.05, 0.1) is 15.6 Å². The van der Waals surface area contributed by atoms with Crippen LogP contribution in [0.15, 0.2) is 156 Å². The molecule has 0 amide bonds. The van der Waals surface area contributed by atoms with Gasteiger partial charge in [-0.15, -0.1) is 11.3 Å². The predicted octanol–water partition coefficient (Wildman–Crippen LogP) is 12.0. The topological polar surface area (TPSA) is 26.0 Å². The lowest BCUT2D eigenvalue weighted by Crippen LogP contribution is -1.86. The molecule has 0 bridgehead atoms. The quantitative estimate of drug-likeness (QED) is 0.207. The van der Waals surface area contributed by atoms with Crippen LogP contribution in [0, 0.1) is 0 Å². The molecule has 9 rings (SSSR count).